The molecule has 1 saturated heterocycles. The molecule has 2 aromatic rings. The minimum Gasteiger partial charge on any atom is -0.393 e. The molecule has 0 amide bonds. The average molecular weight is 365 g/mol. The van der Waals surface area contributed by atoms with Gasteiger partial charge in [0.1, 0.15) is 17.8 Å². The highest BCUT2D eigenvalue weighted by atomic mass is 79.9. The van der Waals surface area contributed by atoms with Crippen LogP contribution in [0.25, 0.3) is 0 Å². The van der Waals surface area contributed by atoms with Gasteiger partial charge in [0.05, 0.1) is 6.10 Å². The molecule has 0 radical (unpaired) electrons. The SMILES string of the molecule is Nc1c(NCC2CCCO2)ncnc1Nc1ccc(Br)cn1. The van der Waals surface area contributed by atoms with E-state index in [1.54, 1.807) is 6.20 Å². The Morgan fingerprint density at radius 2 is 2.14 bits per heavy atom. The summed E-state index contributed by atoms with van der Waals surface area (Å²) in [5.74, 6) is 1.79. The van der Waals surface area contributed by atoms with Crippen LogP contribution in [0.3, 0.4) is 0 Å². The van der Waals surface area contributed by atoms with Gasteiger partial charge in [-0.3, -0.25) is 0 Å². The van der Waals surface area contributed by atoms with Gasteiger partial charge in [-0.05, 0) is 40.9 Å². The lowest BCUT2D eigenvalue weighted by Crippen LogP contribution is -2.20. The largest absolute Gasteiger partial charge is 0.393 e. The van der Waals surface area contributed by atoms with Crippen LogP contribution < -0.4 is 16.4 Å². The van der Waals surface area contributed by atoms with Crippen molar-refractivity contribution in [2.75, 3.05) is 29.5 Å². The molecular formula is C14H17BrN6O. The number of anilines is 4. The molecule has 8 heteroatoms. The Balaban J connectivity index is 1.69. The molecule has 3 heterocycles. The van der Waals surface area contributed by atoms with Crippen LogP contribution in [0.5, 0.6) is 0 Å². The van der Waals surface area contributed by atoms with Gasteiger partial charge >= 0.3 is 0 Å². The van der Waals surface area contributed by atoms with Gasteiger partial charge in [0.15, 0.2) is 11.6 Å². The van der Waals surface area contributed by atoms with Crippen LogP contribution in [0.1, 0.15) is 12.8 Å². The van der Waals surface area contributed by atoms with Gasteiger partial charge in [0.2, 0.25) is 0 Å². The Morgan fingerprint density at radius 3 is 2.86 bits per heavy atom. The normalized spacial score (nSPS) is 17.4. The van der Waals surface area contributed by atoms with Crippen LogP contribution in [0.15, 0.2) is 29.1 Å². The smallest absolute Gasteiger partial charge is 0.160 e. The van der Waals surface area contributed by atoms with Crippen LogP contribution in [-0.4, -0.2) is 34.2 Å². The molecule has 1 aliphatic rings. The van der Waals surface area contributed by atoms with E-state index in [9.17, 15) is 0 Å². The van der Waals surface area contributed by atoms with Gasteiger partial charge in [-0.15, -0.1) is 0 Å². The number of nitrogen functional groups attached to an aromatic ring is 1. The first-order valence-corrected chi connectivity index (χ1v) is 7.86. The van der Waals surface area contributed by atoms with Crippen LogP contribution >= 0.6 is 15.9 Å². The van der Waals surface area contributed by atoms with E-state index in [0.29, 0.717) is 29.7 Å². The molecule has 1 atom stereocenters. The van der Waals surface area contributed by atoms with Crippen molar-refractivity contribution >= 4 is 39.1 Å². The van der Waals surface area contributed by atoms with Crippen LogP contribution in [0, 0.1) is 0 Å². The number of hydrogen-bond acceptors (Lipinski definition) is 7. The minimum absolute atomic E-state index is 0.221. The first-order valence-electron chi connectivity index (χ1n) is 7.07. The molecule has 2 aromatic heterocycles. The number of pyridine rings is 1. The highest BCUT2D eigenvalue weighted by Gasteiger charge is 2.16. The van der Waals surface area contributed by atoms with Crippen molar-refractivity contribution in [1.82, 2.24) is 15.0 Å². The molecule has 1 aliphatic heterocycles. The third-order valence-corrected chi connectivity index (χ3v) is 3.85. The van der Waals surface area contributed by atoms with Crippen LogP contribution in [0.2, 0.25) is 0 Å². The summed E-state index contributed by atoms with van der Waals surface area (Å²) in [4.78, 5) is 12.6. The number of aromatic nitrogens is 3. The fourth-order valence-electron chi connectivity index (χ4n) is 2.22. The molecule has 0 bridgehead atoms. The second kappa shape index (κ2) is 6.89. The predicted molar refractivity (Wildman–Crippen MR) is 89.1 cm³/mol. The average Bonchev–Trinajstić information content (AvgIpc) is 3.04. The Morgan fingerprint density at radius 1 is 1.27 bits per heavy atom. The maximum Gasteiger partial charge on any atom is 0.160 e. The lowest BCUT2D eigenvalue weighted by molar-refractivity contribution is 0.120. The topological polar surface area (TPSA) is 98.0 Å². The van der Waals surface area contributed by atoms with Crippen LogP contribution in [-0.2, 0) is 4.74 Å². The van der Waals surface area contributed by atoms with E-state index in [1.807, 2.05) is 12.1 Å². The standard InChI is InChI=1S/C14H17BrN6O/c15-9-3-4-11(17-6-9)21-14-12(16)13(19-8-20-14)18-7-10-2-1-5-22-10/h3-4,6,8,10H,1-2,5,7,16H2,(H2,17,18,19,20,21). The number of hydrogen-bond donors (Lipinski definition) is 3. The maximum absolute atomic E-state index is 6.12. The third-order valence-electron chi connectivity index (χ3n) is 3.38. The molecular weight excluding hydrogens is 348 g/mol. The number of rotatable bonds is 5. The van der Waals surface area contributed by atoms with Gasteiger partial charge in [-0.2, -0.15) is 0 Å². The second-order valence-electron chi connectivity index (χ2n) is 4.99. The Kier molecular flexibility index (Phi) is 4.69. The van der Waals surface area contributed by atoms with Crippen molar-refractivity contribution < 1.29 is 4.74 Å². The number of nitrogens with one attached hydrogen (secondary N) is 2. The lowest BCUT2D eigenvalue weighted by Gasteiger charge is -2.14. The van der Waals surface area contributed by atoms with E-state index in [-0.39, 0.29) is 6.10 Å². The van der Waals surface area contributed by atoms with Gasteiger partial charge in [-0.1, -0.05) is 0 Å². The predicted octanol–water partition coefficient (Wildman–Crippen LogP) is 2.55. The van der Waals surface area contributed by atoms with E-state index in [2.05, 4.69) is 41.5 Å². The van der Waals surface area contributed by atoms with Crippen molar-refractivity contribution in [1.29, 1.82) is 0 Å². The van der Waals surface area contributed by atoms with Crippen molar-refractivity contribution in [2.45, 2.75) is 18.9 Å². The highest BCUT2D eigenvalue weighted by Crippen LogP contribution is 2.25. The van der Waals surface area contributed by atoms with Crippen molar-refractivity contribution in [2.24, 2.45) is 0 Å². The van der Waals surface area contributed by atoms with Crippen molar-refractivity contribution in [3.05, 3.63) is 29.1 Å². The van der Waals surface area contributed by atoms with E-state index in [4.69, 9.17) is 10.5 Å². The van der Waals surface area contributed by atoms with E-state index in [0.717, 1.165) is 23.9 Å². The molecule has 1 fully saturated rings. The summed E-state index contributed by atoms with van der Waals surface area (Å²) >= 11 is 3.35. The van der Waals surface area contributed by atoms with Gasteiger partial charge in [0.25, 0.3) is 0 Å². The minimum atomic E-state index is 0.221. The van der Waals surface area contributed by atoms with Crippen molar-refractivity contribution in [3.8, 4) is 0 Å². The molecule has 0 aromatic carbocycles. The highest BCUT2D eigenvalue weighted by molar-refractivity contribution is 9.10. The quantitative estimate of drug-likeness (QED) is 0.749. The van der Waals surface area contributed by atoms with Gasteiger partial charge < -0.3 is 21.1 Å². The molecule has 1 unspecified atom stereocenters. The maximum atomic E-state index is 6.12. The van der Waals surface area contributed by atoms with Crippen LogP contribution in [0.4, 0.5) is 23.1 Å². The number of nitrogens with two attached hydrogens (primary N) is 1. The molecule has 7 nitrogen and oxygen atoms in total. The first kappa shape index (κ1) is 15.0. The molecule has 0 spiro atoms. The molecule has 116 valence electrons. The summed E-state index contributed by atoms with van der Waals surface area (Å²) in [6, 6.07) is 3.73. The molecule has 0 aliphatic carbocycles. The summed E-state index contributed by atoms with van der Waals surface area (Å²) in [5.41, 5.74) is 6.58. The van der Waals surface area contributed by atoms with Gasteiger partial charge in [-0.25, -0.2) is 15.0 Å². The third kappa shape index (κ3) is 3.63. The Labute approximate surface area is 136 Å². The van der Waals surface area contributed by atoms with E-state index >= 15 is 0 Å². The summed E-state index contributed by atoms with van der Waals surface area (Å²) in [6.07, 6.45) is 5.56. The Bertz CT molecular complexity index is 630. The number of halogens is 1. The molecule has 3 rings (SSSR count). The summed E-state index contributed by atoms with van der Waals surface area (Å²) in [7, 11) is 0. The van der Waals surface area contributed by atoms with Gasteiger partial charge in [0, 0.05) is 23.8 Å². The lowest BCUT2D eigenvalue weighted by atomic mass is 10.2. The first-order chi connectivity index (χ1) is 10.7. The van der Waals surface area contributed by atoms with E-state index in [1.165, 1.54) is 6.33 Å². The fourth-order valence-corrected chi connectivity index (χ4v) is 2.46. The molecule has 22 heavy (non-hydrogen) atoms. The second-order valence-corrected chi connectivity index (χ2v) is 5.90. The summed E-state index contributed by atoms with van der Waals surface area (Å²) in [6.45, 7) is 1.52. The fraction of sp³-hybridized carbons (Fsp3) is 0.357. The summed E-state index contributed by atoms with van der Waals surface area (Å²) in [5, 5.41) is 6.31. The van der Waals surface area contributed by atoms with Crippen molar-refractivity contribution in [3.63, 3.8) is 0 Å². The van der Waals surface area contributed by atoms with E-state index < -0.39 is 0 Å². The molecule has 4 N–H and O–H groups in total. The zero-order chi connectivity index (χ0) is 15.4. The number of nitrogens with zero attached hydrogens (tertiary/aromatic N) is 3. The summed E-state index contributed by atoms with van der Waals surface area (Å²) < 4.78 is 6.48. The molecule has 0 saturated carbocycles. The monoisotopic (exact) mass is 364 g/mol. The number of ether oxygens (including phenoxy) is 1. The zero-order valence-electron chi connectivity index (χ0n) is 11.9. The zero-order valence-corrected chi connectivity index (χ0v) is 13.5. The Hall–Kier alpha value is -1.93.